The summed E-state index contributed by atoms with van der Waals surface area (Å²) in [5.74, 6) is 1.31. The first kappa shape index (κ1) is 39.6. The molecule has 0 aliphatic rings. The fraction of sp³-hybridized carbons (Fsp3) is 0.622. The zero-order chi connectivity index (χ0) is 35.6. The van der Waals surface area contributed by atoms with E-state index in [4.69, 9.17) is 9.97 Å². The van der Waals surface area contributed by atoms with Crippen molar-refractivity contribution in [2.75, 3.05) is 0 Å². The summed E-state index contributed by atoms with van der Waals surface area (Å²) in [4.78, 5) is 23.0. The van der Waals surface area contributed by atoms with E-state index in [-0.39, 0.29) is 11.3 Å². The molecule has 0 atom stereocenters. The molecule has 0 spiro atoms. The van der Waals surface area contributed by atoms with Gasteiger partial charge in [-0.15, -0.1) is 0 Å². The maximum Gasteiger partial charge on any atom is 0.220 e. The van der Waals surface area contributed by atoms with Crippen molar-refractivity contribution in [1.82, 2.24) is 19.9 Å². The molecule has 0 radical (unpaired) electrons. The Morgan fingerprint density at radius 2 is 1.24 bits per heavy atom. The summed E-state index contributed by atoms with van der Waals surface area (Å²) in [5.41, 5.74) is 6.90. The van der Waals surface area contributed by atoms with Crippen molar-refractivity contribution in [3.05, 3.63) is 71.2 Å². The number of amides is 1. The van der Waals surface area contributed by atoms with Crippen LogP contribution < -0.4 is 5.32 Å². The van der Waals surface area contributed by atoms with Crippen LogP contribution in [0.4, 0.5) is 0 Å². The molecule has 4 aromatic rings. The van der Waals surface area contributed by atoms with Gasteiger partial charge in [0.1, 0.15) is 11.3 Å². The molecule has 0 bridgehead atoms. The average molecular weight is 681 g/mol. The molecule has 0 saturated heterocycles. The minimum absolute atomic E-state index is 0.118. The van der Waals surface area contributed by atoms with Crippen LogP contribution in [-0.4, -0.2) is 20.4 Å². The molecule has 2 aromatic heterocycles. The van der Waals surface area contributed by atoms with Crippen molar-refractivity contribution in [3.8, 4) is 0 Å². The smallest absolute Gasteiger partial charge is 0.220 e. The minimum Gasteiger partial charge on any atom is -0.352 e. The third-order valence-electron chi connectivity index (χ3n) is 10.0. The lowest BCUT2D eigenvalue weighted by Gasteiger charge is -2.18. The number of pyridine rings is 1. The van der Waals surface area contributed by atoms with Crippen LogP contribution in [0.15, 0.2) is 48.5 Å². The summed E-state index contributed by atoms with van der Waals surface area (Å²) in [6, 6.07) is 17.3. The van der Waals surface area contributed by atoms with Gasteiger partial charge in [0.05, 0.1) is 16.7 Å². The van der Waals surface area contributed by atoms with E-state index in [1.54, 1.807) is 0 Å². The number of nitrogens with zero attached hydrogens (tertiary/aromatic N) is 3. The quantitative estimate of drug-likeness (QED) is 0.0749. The van der Waals surface area contributed by atoms with Crippen LogP contribution >= 0.6 is 0 Å². The topological polar surface area (TPSA) is 59.8 Å². The Kier molecular flexibility index (Phi) is 16.8. The van der Waals surface area contributed by atoms with Crippen molar-refractivity contribution in [3.63, 3.8) is 0 Å². The number of nitrogens with one attached hydrogen (secondary N) is 1. The normalized spacial score (nSPS) is 11.9. The lowest BCUT2D eigenvalue weighted by atomic mass is 9.89. The molecule has 5 nitrogen and oxygen atoms in total. The number of hydrogen-bond acceptors (Lipinski definition) is 3. The predicted molar refractivity (Wildman–Crippen MR) is 214 cm³/mol. The maximum atomic E-state index is 12.6. The zero-order valence-corrected chi connectivity index (χ0v) is 32.4. The predicted octanol–water partition coefficient (Wildman–Crippen LogP) is 12.4. The van der Waals surface area contributed by atoms with Crippen molar-refractivity contribution < 1.29 is 4.79 Å². The van der Waals surface area contributed by atoms with Gasteiger partial charge in [-0.2, -0.15) is 0 Å². The number of aryl methyl sites for hydroxylation is 1. The van der Waals surface area contributed by atoms with E-state index in [1.807, 2.05) is 0 Å². The number of benzene rings is 2. The zero-order valence-electron chi connectivity index (χ0n) is 32.4. The van der Waals surface area contributed by atoms with Gasteiger partial charge in [0, 0.05) is 31.3 Å². The molecule has 0 aliphatic heterocycles. The van der Waals surface area contributed by atoms with Crippen LogP contribution in [0.25, 0.3) is 21.9 Å². The highest BCUT2D eigenvalue weighted by atomic mass is 16.1. The first-order valence-corrected chi connectivity index (χ1v) is 20.4. The Bertz CT molecular complexity index is 1560. The van der Waals surface area contributed by atoms with Gasteiger partial charge >= 0.3 is 0 Å². The van der Waals surface area contributed by atoms with Gasteiger partial charge in [0.25, 0.3) is 0 Å². The first-order chi connectivity index (χ1) is 24.3. The Morgan fingerprint density at radius 3 is 1.84 bits per heavy atom. The van der Waals surface area contributed by atoms with Crippen LogP contribution in [0, 0.1) is 5.41 Å². The standard InChI is InChI=1S/C45H68N4O/c1-6-8-10-11-12-13-14-15-16-17-18-19-20-21-22-28-42(50)46-34-36-29-31-37(32-30-36)35-49-41(27-9-7-2)48-43-40(33-45(3,4)5)47-39-26-24-23-25-38(39)44(43)49/h23-26,29-32H,6-22,27-28,33-35H2,1-5H3,(H,46,50). The maximum absolute atomic E-state index is 12.6. The van der Waals surface area contributed by atoms with E-state index in [1.165, 1.54) is 99.9 Å². The van der Waals surface area contributed by atoms with Crippen LogP contribution in [0.3, 0.4) is 0 Å². The number of aromatic nitrogens is 3. The first-order valence-electron chi connectivity index (χ1n) is 20.4. The molecule has 0 unspecified atom stereocenters. The van der Waals surface area contributed by atoms with E-state index in [0.29, 0.717) is 13.0 Å². The van der Waals surface area contributed by atoms with Crippen molar-refractivity contribution in [2.45, 2.75) is 176 Å². The van der Waals surface area contributed by atoms with Gasteiger partial charge in [-0.05, 0) is 41.9 Å². The third-order valence-corrected chi connectivity index (χ3v) is 10.0. The highest BCUT2D eigenvalue weighted by Crippen LogP contribution is 2.32. The van der Waals surface area contributed by atoms with E-state index < -0.39 is 0 Å². The van der Waals surface area contributed by atoms with Gasteiger partial charge in [-0.1, -0.05) is 173 Å². The van der Waals surface area contributed by atoms with Crippen LogP contribution in [-0.2, 0) is 30.7 Å². The number of carbonyl (C=O) groups is 1. The van der Waals surface area contributed by atoms with E-state index >= 15 is 0 Å². The highest BCUT2D eigenvalue weighted by molar-refractivity contribution is 6.03. The second-order valence-corrected chi connectivity index (χ2v) is 16.0. The minimum atomic E-state index is 0.118. The lowest BCUT2D eigenvalue weighted by molar-refractivity contribution is -0.121. The fourth-order valence-corrected chi connectivity index (χ4v) is 7.16. The summed E-state index contributed by atoms with van der Waals surface area (Å²) in [6.45, 7) is 12.7. The van der Waals surface area contributed by atoms with E-state index in [9.17, 15) is 4.79 Å². The molecule has 50 heavy (non-hydrogen) atoms. The molecule has 0 aliphatic carbocycles. The van der Waals surface area contributed by atoms with Gasteiger partial charge in [0.15, 0.2) is 0 Å². The van der Waals surface area contributed by atoms with Crippen LogP contribution in [0.2, 0.25) is 0 Å². The second-order valence-electron chi connectivity index (χ2n) is 16.0. The molecule has 2 aromatic carbocycles. The van der Waals surface area contributed by atoms with E-state index in [0.717, 1.165) is 73.2 Å². The van der Waals surface area contributed by atoms with Crippen molar-refractivity contribution >= 4 is 27.8 Å². The molecular formula is C45H68N4O. The average Bonchev–Trinajstić information content (AvgIpc) is 3.46. The number of unbranched alkanes of at least 4 members (excludes halogenated alkanes) is 15. The number of imidazole rings is 1. The van der Waals surface area contributed by atoms with Gasteiger partial charge in [-0.25, -0.2) is 4.98 Å². The monoisotopic (exact) mass is 681 g/mol. The molecule has 274 valence electrons. The van der Waals surface area contributed by atoms with Crippen LogP contribution in [0.1, 0.15) is 173 Å². The molecule has 1 amide bonds. The number of hydrogen-bond donors (Lipinski definition) is 1. The SMILES string of the molecule is CCCCCCCCCCCCCCCCCC(=O)NCc1ccc(Cn2c(CCCC)nc3c(CC(C)(C)C)nc4ccccc4c32)cc1. The Hall–Kier alpha value is -3.21. The van der Waals surface area contributed by atoms with Gasteiger partial charge in [0.2, 0.25) is 5.91 Å². The number of para-hydroxylation sites is 1. The fourth-order valence-electron chi connectivity index (χ4n) is 7.16. The lowest BCUT2D eigenvalue weighted by Crippen LogP contribution is -2.22. The molecule has 0 fully saturated rings. The molecular weight excluding hydrogens is 613 g/mol. The number of fused-ring (bicyclic) bond motifs is 3. The molecule has 2 heterocycles. The van der Waals surface area contributed by atoms with Crippen molar-refractivity contribution in [1.29, 1.82) is 0 Å². The van der Waals surface area contributed by atoms with Gasteiger partial charge < -0.3 is 9.88 Å². The van der Waals surface area contributed by atoms with E-state index in [2.05, 4.69) is 93.0 Å². The Morgan fingerprint density at radius 1 is 0.680 bits per heavy atom. The molecule has 1 N–H and O–H groups in total. The summed E-state index contributed by atoms with van der Waals surface area (Å²) >= 11 is 0. The molecule has 4 rings (SSSR count). The largest absolute Gasteiger partial charge is 0.352 e. The second kappa shape index (κ2) is 21.2. The van der Waals surface area contributed by atoms with Gasteiger partial charge in [-0.3, -0.25) is 9.78 Å². The number of carbonyl (C=O) groups excluding carboxylic acids is 1. The third kappa shape index (κ3) is 13.2. The summed E-state index contributed by atoms with van der Waals surface area (Å²) < 4.78 is 2.44. The molecule has 5 heteroatoms. The summed E-state index contributed by atoms with van der Waals surface area (Å²) in [7, 11) is 0. The number of rotatable bonds is 24. The Balaban J connectivity index is 1.22. The van der Waals surface area contributed by atoms with Crippen LogP contribution in [0.5, 0.6) is 0 Å². The summed E-state index contributed by atoms with van der Waals surface area (Å²) in [6.07, 6.45) is 24.8. The molecule has 0 saturated carbocycles. The van der Waals surface area contributed by atoms with Crippen molar-refractivity contribution in [2.24, 2.45) is 5.41 Å². The Labute approximate surface area is 304 Å². The summed E-state index contributed by atoms with van der Waals surface area (Å²) in [5, 5.41) is 4.32. The highest BCUT2D eigenvalue weighted by Gasteiger charge is 2.22.